The molecule has 15 heavy (non-hydrogen) atoms. The molecule has 1 N–H and O–H groups in total. The molecule has 1 nitrogen and oxygen atoms in total. The topological polar surface area (TPSA) is 20.2 Å². The van der Waals surface area contributed by atoms with E-state index in [1.54, 1.807) is 0 Å². The number of unbranched alkanes of at least 4 members (excludes halogenated alkanes) is 1. The second-order valence-electron chi connectivity index (χ2n) is 6.09. The molecule has 0 aromatic carbocycles. The summed E-state index contributed by atoms with van der Waals surface area (Å²) in [5, 5.41) is 10.3. The van der Waals surface area contributed by atoms with Crippen LogP contribution in [-0.2, 0) is 0 Å². The first-order valence-corrected chi connectivity index (χ1v) is 6.67. The van der Waals surface area contributed by atoms with Gasteiger partial charge in [-0.2, -0.15) is 0 Å². The Labute approximate surface area is 95.3 Å². The van der Waals surface area contributed by atoms with E-state index < -0.39 is 0 Å². The summed E-state index contributed by atoms with van der Waals surface area (Å²) in [6, 6.07) is 0. The first-order chi connectivity index (χ1) is 6.99. The van der Waals surface area contributed by atoms with Crippen LogP contribution in [0.15, 0.2) is 0 Å². The van der Waals surface area contributed by atoms with Gasteiger partial charge >= 0.3 is 0 Å². The largest absolute Gasteiger partial charge is 0.393 e. The molecule has 0 aromatic heterocycles. The van der Waals surface area contributed by atoms with E-state index in [0.717, 1.165) is 6.42 Å². The molecule has 90 valence electrons. The lowest BCUT2D eigenvalue weighted by molar-refractivity contribution is -0.0319. The number of aliphatic hydroxyl groups is 1. The van der Waals surface area contributed by atoms with Crippen molar-refractivity contribution in [3.8, 4) is 0 Å². The second-order valence-corrected chi connectivity index (χ2v) is 6.09. The first kappa shape index (κ1) is 13.0. The Balaban J connectivity index is 2.61. The SMILES string of the molecule is CCCCC(O)C1C(C)CCCC1(C)C. The van der Waals surface area contributed by atoms with Crippen molar-refractivity contribution in [1.29, 1.82) is 0 Å². The summed E-state index contributed by atoms with van der Waals surface area (Å²) < 4.78 is 0. The zero-order valence-corrected chi connectivity index (χ0v) is 10.9. The molecule has 3 unspecified atom stereocenters. The van der Waals surface area contributed by atoms with E-state index in [1.807, 2.05) is 0 Å². The zero-order valence-electron chi connectivity index (χ0n) is 10.9. The summed E-state index contributed by atoms with van der Waals surface area (Å²) in [4.78, 5) is 0. The van der Waals surface area contributed by atoms with Crippen molar-refractivity contribution >= 4 is 0 Å². The van der Waals surface area contributed by atoms with E-state index in [0.29, 0.717) is 17.3 Å². The Kier molecular flexibility index (Phi) is 4.64. The predicted molar refractivity (Wildman–Crippen MR) is 65.8 cm³/mol. The molecule has 1 rings (SSSR count). The van der Waals surface area contributed by atoms with Crippen LogP contribution in [0.1, 0.15) is 66.2 Å². The second kappa shape index (κ2) is 5.34. The zero-order chi connectivity index (χ0) is 11.5. The van der Waals surface area contributed by atoms with Crippen molar-refractivity contribution in [3.63, 3.8) is 0 Å². The fourth-order valence-corrected chi connectivity index (χ4v) is 3.49. The highest BCUT2D eigenvalue weighted by Crippen LogP contribution is 2.46. The summed E-state index contributed by atoms with van der Waals surface area (Å²) in [6.45, 7) is 9.19. The van der Waals surface area contributed by atoms with Crippen molar-refractivity contribution in [2.24, 2.45) is 17.3 Å². The lowest BCUT2D eigenvalue weighted by Gasteiger charge is -2.45. The van der Waals surface area contributed by atoms with E-state index in [2.05, 4.69) is 27.7 Å². The van der Waals surface area contributed by atoms with Crippen LogP contribution in [0, 0.1) is 17.3 Å². The van der Waals surface area contributed by atoms with E-state index in [1.165, 1.54) is 32.1 Å². The molecule has 0 heterocycles. The van der Waals surface area contributed by atoms with Gasteiger partial charge in [-0.05, 0) is 30.1 Å². The normalized spacial score (nSPS) is 32.6. The average Bonchev–Trinajstić information content (AvgIpc) is 2.13. The lowest BCUT2D eigenvalue weighted by atomic mass is 9.61. The Morgan fingerprint density at radius 3 is 2.60 bits per heavy atom. The van der Waals surface area contributed by atoms with Crippen molar-refractivity contribution < 1.29 is 5.11 Å². The van der Waals surface area contributed by atoms with Crippen molar-refractivity contribution in [1.82, 2.24) is 0 Å². The summed E-state index contributed by atoms with van der Waals surface area (Å²) in [5.74, 6) is 1.21. The summed E-state index contributed by atoms with van der Waals surface area (Å²) in [7, 11) is 0. The highest BCUT2D eigenvalue weighted by molar-refractivity contribution is 4.90. The lowest BCUT2D eigenvalue weighted by Crippen LogP contribution is -2.41. The molecule has 0 spiro atoms. The molecule has 1 saturated carbocycles. The molecule has 3 atom stereocenters. The van der Waals surface area contributed by atoms with Gasteiger partial charge in [0.2, 0.25) is 0 Å². The van der Waals surface area contributed by atoms with E-state index in [-0.39, 0.29) is 6.10 Å². The minimum absolute atomic E-state index is 0.0738. The molecule has 1 fully saturated rings. The Hall–Kier alpha value is -0.0400. The van der Waals surface area contributed by atoms with E-state index >= 15 is 0 Å². The maximum absolute atomic E-state index is 10.3. The van der Waals surface area contributed by atoms with Crippen LogP contribution in [0.25, 0.3) is 0 Å². The molecule has 0 aromatic rings. The van der Waals surface area contributed by atoms with Gasteiger partial charge in [0.25, 0.3) is 0 Å². The van der Waals surface area contributed by atoms with Gasteiger partial charge in [0, 0.05) is 0 Å². The monoisotopic (exact) mass is 212 g/mol. The maximum Gasteiger partial charge on any atom is 0.0576 e. The van der Waals surface area contributed by atoms with Gasteiger partial charge in [0.05, 0.1) is 6.10 Å². The van der Waals surface area contributed by atoms with Crippen molar-refractivity contribution in [3.05, 3.63) is 0 Å². The Morgan fingerprint density at radius 1 is 1.40 bits per heavy atom. The minimum Gasteiger partial charge on any atom is -0.393 e. The Bertz CT molecular complexity index is 186. The fraction of sp³-hybridized carbons (Fsp3) is 1.00. The molecule has 0 saturated heterocycles. The van der Waals surface area contributed by atoms with Crippen LogP contribution >= 0.6 is 0 Å². The predicted octanol–water partition coefficient (Wildman–Crippen LogP) is 4.00. The van der Waals surface area contributed by atoms with E-state index in [9.17, 15) is 5.11 Å². The number of hydrogen-bond acceptors (Lipinski definition) is 1. The maximum atomic E-state index is 10.3. The van der Waals surface area contributed by atoms with Crippen LogP contribution in [0.2, 0.25) is 0 Å². The van der Waals surface area contributed by atoms with Crippen LogP contribution < -0.4 is 0 Å². The minimum atomic E-state index is -0.0738. The molecule has 1 heteroatoms. The third kappa shape index (κ3) is 3.21. The smallest absolute Gasteiger partial charge is 0.0576 e. The highest BCUT2D eigenvalue weighted by Gasteiger charge is 2.40. The van der Waals surface area contributed by atoms with E-state index in [4.69, 9.17) is 0 Å². The van der Waals surface area contributed by atoms with Gasteiger partial charge in [0.1, 0.15) is 0 Å². The molecule has 1 aliphatic carbocycles. The van der Waals surface area contributed by atoms with Gasteiger partial charge in [-0.1, -0.05) is 53.4 Å². The molecule has 0 amide bonds. The molecule has 0 aliphatic heterocycles. The van der Waals surface area contributed by atoms with Gasteiger partial charge < -0.3 is 5.11 Å². The Morgan fingerprint density at radius 2 is 2.07 bits per heavy atom. The average molecular weight is 212 g/mol. The van der Waals surface area contributed by atoms with Crippen LogP contribution in [-0.4, -0.2) is 11.2 Å². The summed E-state index contributed by atoms with van der Waals surface area (Å²) in [5.41, 5.74) is 0.338. The van der Waals surface area contributed by atoms with Gasteiger partial charge in [-0.25, -0.2) is 0 Å². The highest BCUT2D eigenvalue weighted by atomic mass is 16.3. The fourth-order valence-electron chi connectivity index (χ4n) is 3.49. The summed E-state index contributed by atoms with van der Waals surface area (Å²) >= 11 is 0. The van der Waals surface area contributed by atoms with Crippen molar-refractivity contribution in [2.75, 3.05) is 0 Å². The standard InChI is InChI=1S/C14H28O/c1-5-6-9-12(15)13-11(2)8-7-10-14(13,3)4/h11-13,15H,5-10H2,1-4H3. The number of aliphatic hydroxyl groups excluding tert-OH is 1. The third-order valence-electron chi connectivity index (χ3n) is 4.26. The number of hydrogen-bond donors (Lipinski definition) is 1. The molecular formula is C14H28O. The van der Waals surface area contributed by atoms with Gasteiger partial charge in [0.15, 0.2) is 0 Å². The molecule has 0 radical (unpaired) electrons. The van der Waals surface area contributed by atoms with Crippen molar-refractivity contribution in [2.45, 2.75) is 72.3 Å². The third-order valence-corrected chi connectivity index (χ3v) is 4.26. The molecule has 1 aliphatic rings. The quantitative estimate of drug-likeness (QED) is 0.747. The van der Waals surface area contributed by atoms with Gasteiger partial charge in [-0.15, -0.1) is 0 Å². The molecule has 0 bridgehead atoms. The van der Waals surface area contributed by atoms with Crippen LogP contribution in [0.4, 0.5) is 0 Å². The molecular weight excluding hydrogens is 184 g/mol. The van der Waals surface area contributed by atoms with Crippen LogP contribution in [0.3, 0.4) is 0 Å². The first-order valence-electron chi connectivity index (χ1n) is 6.67. The number of rotatable bonds is 4. The summed E-state index contributed by atoms with van der Waals surface area (Å²) in [6.07, 6.45) is 7.21. The van der Waals surface area contributed by atoms with Gasteiger partial charge in [-0.3, -0.25) is 0 Å². The van der Waals surface area contributed by atoms with Crippen LogP contribution in [0.5, 0.6) is 0 Å².